The summed E-state index contributed by atoms with van der Waals surface area (Å²) in [5.74, 6) is -0.192. The average Bonchev–Trinajstić information content (AvgIpc) is 2.30. The van der Waals surface area contributed by atoms with Crippen LogP contribution in [0.5, 0.6) is 0 Å². The number of halogens is 1. The summed E-state index contributed by atoms with van der Waals surface area (Å²) >= 11 is 0. The van der Waals surface area contributed by atoms with Crippen LogP contribution in [0.2, 0.25) is 0 Å². The SMILES string of the molecule is COC1(c2cccc(F)c2)CCNCC1. The molecule has 1 aromatic rings. The zero-order valence-corrected chi connectivity index (χ0v) is 8.92. The Morgan fingerprint density at radius 1 is 1.33 bits per heavy atom. The highest BCUT2D eigenvalue weighted by Crippen LogP contribution is 2.34. The Labute approximate surface area is 89.4 Å². The van der Waals surface area contributed by atoms with Gasteiger partial charge in [0.05, 0.1) is 5.60 Å². The maximum atomic E-state index is 13.2. The number of benzene rings is 1. The summed E-state index contributed by atoms with van der Waals surface area (Å²) in [6, 6.07) is 6.73. The molecule has 1 fully saturated rings. The number of hydrogen-bond acceptors (Lipinski definition) is 2. The Kier molecular flexibility index (Phi) is 3.03. The molecule has 2 rings (SSSR count). The monoisotopic (exact) mass is 209 g/mol. The largest absolute Gasteiger partial charge is 0.373 e. The Balaban J connectivity index is 2.32. The van der Waals surface area contributed by atoms with Gasteiger partial charge in [0.25, 0.3) is 0 Å². The molecule has 0 bridgehead atoms. The van der Waals surface area contributed by atoms with Crippen LogP contribution in [-0.2, 0) is 10.3 Å². The van der Waals surface area contributed by atoms with Crippen LogP contribution in [0.1, 0.15) is 18.4 Å². The molecule has 0 aliphatic carbocycles. The van der Waals surface area contributed by atoms with Gasteiger partial charge in [0, 0.05) is 7.11 Å². The molecule has 1 saturated heterocycles. The highest BCUT2D eigenvalue weighted by atomic mass is 19.1. The molecule has 0 amide bonds. The second kappa shape index (κ2) is 4.29. The van der Waals surface area contributed by atoms with E-state index < -0.39 is 0 Å². The van der Waals surface area contributed by atoms with Gasteiger partial charge in [-0.1, -0.05) is 12.1 Å². The van der Waals surface area contributed by atoms with Gasteiger partial charge in [-0.3, -0.25) is 0 Å². The van der Waals surface area contributed by atoms with E-state index in [1.54, 1.807) is 19.2 Å². The summed E-state index contributed by atoms with van der Waals surface area (Å²) < 4.78 is 18.8. The predicted octanol–water partition coefficient (Wildman–Crippen LogP) is 2.05. The van der Waals surface area contributed by atoms with E-state index in [4.69, 9.17) is 4.74 Å². The fourth-order valence-corrected chi connectivity index (χ4v) is 2.21. The van der Waals surface area contributed by atoms with E-state index in [0.717, 1.165) is 31.5 Å². The minimum Gasteiger partial charge on any atom is -0.373 e. The molecular formula is C12H16FNO. The molecule has 0 atom stereocenters. The van der Waals surface area contributed by atoms with Crippen molar-refractivity contribution in [1.29, 1.82) is 0 Å². The van der Waals surface area contributed by atoms with Crippen molar-refractivity contribution >= 4 is 0 Å². The minimum atomic E-state index is -0.298. The minimum absolute atomic E-state index is 0.192. The lowest BCUT2D eigenvalue weighted by atomic mass is 9.85. The molecule has 0 spiro atoms. The van der Waals surface area contributed by atoms with Crippen LogP contribution in [0.3, 0.4) is 0 Å². The number of piperidine rings is 1. The van der Waals surface area contributed by atoms with E-state index in [1.807, 2.05) is 6.07 Å². The quantitative estimate of drug-likeness (QED) is 0.805. The number of hydrogen-bond donors (Lipinski definition) is 1. The molecule has 0 aromatic heterocycles. The van der Waals surface area contributed by atoms with Crippen LogP contribution in [0.25, 0.3) is 0 Å². The van der Waals surface area contributed by atoms with Gasteiger partial charge >= 0.3 is 0 Å². The van der Waals surface area contributed by atoms with E-state index in [0.29, 0.717) is 0 Å². The van der Waals surface area contributed by atoms with Gasteiger partial charge in [-0.15, -0.1) is 0 Å². The Bertz CT molecular complexity index is 334. The first-order valence-corrected chi connectivity index (χ1v) is 5.29. The lowest BCUT2D eigenvalue weighted by molar-refractivity contribution is -0.0393. The van der Waals surface area contributed by atoms with Crippen LogP contribution in [0, 0.1) is 5.82 Å². The van der Waals surface area contributed by atoms with E-state index in [9.17, 15) is 4.39 Å². The van der Waals surface area contributed by atoms with Crippen molar-refractivity contribution in [3.8, 4) is 0 Å². The molecule has 3 heteroatoms. The molecule has 1 aromatic carbocycles. The number of ether oxygens (including phenoxy) is 1. The van der Waals surface area contributed by atoms with Crippen molar-refractivity contribution in [1.82, 2.24) is 5.32 Å². The molecule has 0 unspecified atom stereocenters. The Hall–Kier alpha value is -0.930. The van der Waals surface area contributed by atoms with Gasteiger partial charge in [0.15, 0.2) is 0 Å². The van der Waals surface area contributed by atoms with Crippen molar-refractivity contribution in [3.63, 3.8) is 0 Å². The predicted molar refractivity (Wildman–Crippen MR) is 57.2 cm³/mol. The van der Waals surface area contributed by atoms with Gasteiger partial charge in [-0.05, 0) is 43.6 Å². The summed E-state index contributed by atoms with van der Waals surface area (Å²) in [4.78, 5) is 0. The second-order valence-electron chi connectivity index (χ2n) is 3.96. The summed E-state index contributed by atoms with van der Waals surface area (Å²) in [5.41, 5.74) is 0.652. The van der Waals surface area contributed by atoms with E-state index in [-0.39, 0.29) is 11.4 Å². The average molecular weight is 209 g/mol. The first-order chi connectivity index (χ1) is 7.27. The van der Waals surface area contributed by atoms with Crippen molar-refractivity contribution < 1.29 is 9.13 Å². The van der Waals surface area contributed by atoms with Crippen LogP contribution in [0.4, 0.5) is 4.39 Å². The number of rotatable bonds is 2. The smallest absolute Gasteiger partial charge is 0.123 e. The normalized spacial score (nSPS) is 20.1. The highest BCUT2D eigenvalue weighted by Gasteiger charge is 2.33. The molecule has 1 heterocycles. The number of methoxy groups -OCH3 is 1. The topological polar surface area (TPSA) is 21.3 Å². The van der Waals surface area contributed by atoms with Crippen LogP contribution in [-0.4, -0.2) is 20.2 Å². The van der Waals surface area contributed by atoms with Crippen LogP contribution in [0.15, 0.2) is 24.3 Å². The van der Waals surface area contributed by atoms with Crippen LogP contribution < -0.4 is 5.32 Å². The summed E-state index contributed by atoms with van der Waals surface area (Å²) in [5, 5.41) is 3.28. The lowest BCUT2D eigenvalue weighted by Crippen LogP contribution is -2.41. The standard InChI is InChI=1S/C12H16FNO/c1-15-12(5-7-14-8-6-12)10-3-2-4-11(13)9-10/h2-4,9,14H,5-8H2,1H3. The van der Waals surface area contributed by atoms with E-state index in [1.165, 1.54) is 6.07 Å². The van der Waals surface area contributed by atoms with Gasteiger partial charge in [0.2, 0.25) is 0 Å². The molecule has 0 saturated carbocycles. The lowest BCUT2D eigenvalue weighted by Gasteiger charge is -2.36. The molecule has 82 valence electrons. The first kappa shape index (κ1) is 10.6. The van der Waals surface area contributed by atoms with E-state index in [2.05, 4.69) is 5.32 Å². The second-order valence-corrected chi connectivity index (χ2v) is 3.96. The number of nitrogens with one attached hydrogen (secondary N) is 1. The Morgan fingerprint density at radius 2 is 2.07 bits per heavy atom. The molecule has 1 aliphatic rings. The summed E-state index contributed by atoms with van der Waals surface area (Å²) in [6.45, 7) is 1.84. The maximum absolute atomic E-state index is 13.2. The highest BCUT2D eigenvalue weighted by molar-refractivity contribution is 5.24. The fourth-order valence-electron chi connectivity index (χ4n) is 2.21. The van der Waals surface area contributed by atoms with Gasteiger partial charge < -0.3 is 10.1 Å². The Morgan fingerprint density at radius 3 is 2.67 bits per heavy atom. The van der Waals surface area contributed by atoms with Crippen molar-refractivity contribution in [2.75, 3.05) is 20.2 Å². The maximum Gasteiger partial charge on any atom is 0.123 e. The van der Waals surface area contributed by atoms with Gasteiger partial charge in [0.1, 0.15) is 5.82 Å². The zero-order chi connectivity index (χ0) is 10.7. The third kappa shape index (κ3) is 2.03. The summed E-state index contributed by atoms with van der Waals surface area (Å²) in [7, 11) is 1.70. The molecule has 2 nitrogen and oxygen atoms in total. The van der Waals surface area contributed by atoms with Gasteiger partial charge in [-0.2, -0.15) is 0 Å². The van der Waals surface area contributed by atoms with E-state index >= 15 is 0 Å². The van der Waals surface area contributed by atoms with Crippen molar-refractivity contribution in [3.05, 3.63) is 35.6 Å². The van der Waals surface area contributed by atoms with Crippen molar-refractivity contribution in [2.24, 2.45) is 0 Å². The third-order valence-electron chi connectivity index (χ3n) is 3.15. The molecule has 15 heavy (non-hydrogen) atoms. The summed E-state index contributed by atoms with van der Waals surface area (Å²) in [6.07, 6.45) is 1.79. The fraction of sp³-hybridized carbons (Fsp3) is 0.500. The first-order valence-electron chi connectivity index (χ1n) is 5.29. The van der Waals surface area contributed by atoms with Gasteiger partial charge in [-0.25, -0.2) is 4.39 Å². The molecule has 1 N–H and O–H groups in total. The zero-order valence-electron chi connectivity index (χ0n) is 8.92. The molecule has 0 radical (unpaired) electrons. The molecular weight excluding hydrogens is 193 g/mol. The van der Waals surface area contributed by atoms with Crippen molar-refractivity contribution in [2.45, 2.75) is 18.4 Å². The van der Waals surface area contributed by atoms with Crippen LogP contribution >= 0.6 is 0 Å². The molecule has 1 aliphatic heterocycles. The third-order valence-corrected chi connectivity index (χ3v) is 3.15.